The minimum absolute atomic E-state index is 0.0650. The molecule has 0 aromatic heterocycles. The molecule has 1 aliphatic heterocycles. The Labute approximate surface area is 141 Å². The van der Waals surface area contributed by atoms with E-state index in [0.29, 0.717) is 32.6 Å². The van der Waals surface area contributed by atoms with Crippen LogP contribution in [0.5, 0.6) is 0 Å². The highest BCUT2D eigenvalue weighted by Gasteiger charge is 2.24. The first kappa shape index (κ1) is 17.8. The summed E-state index contributed by atoms with van der Waals surface area (Å²) in [6.45, 7) is 4.01. The number of rotatable bonds is 5. The predicted octanol–water partition coefficient (Wildman–Crippen LogP) is 0.866. The van der Waals surface area contributed by atoms with Gasteiger partial charge in [0.15, 0.2) is 0 Å². The first-order chi connectivity index (χ1) is 11.5. The second-order valence-corrected chi connectivity index (χ2v) is 5.85. The van der Waals surface area contributed by atoms with Gasteiger partial charge >= 0.3 is 12.0 Å². The molecule has 1 saturated heterocycles. The van der Waals surface area contributed by atoms with Crippen LogP contribution in [0.2, 0.25) is 0 Å². The molecule has 1 aliphatic rings. The van der Waals surface area contributed by atoms with E-state index in [0.717, 1.165) is 11.1 Å². The van der Waals surface area contributed by atoms with Gasteiger partial charge in [-0.15, -0.1) is 0 Å². The van der Waals surface area contributed by atoms with Crippen LogP contribution in [0.15, 0.2) is 24.3 Å². The van der Waals surface area contributed by atoms with Crippen LogP contribution in [0.3, 0.4) is 0 Å². The average Bonchev–Trinajstić information content (AvgIpc) is 2.56. The Hall–Kier alpha value is -2.57. The van der Waals surface area contributed by atoms with E-state index < -0.39 is 5.97 Å². The average molecular weight is 333 g/mol. The molecule has 1 aromatic rings. The zero-order chi connectivity index (χ0) is 17.5. The maximum Gasteiger partial charge on any atom is 0.317 e. The van der Waals surface area contributed by atoms with Gasteiger partial charge in [-0.1, -0.05) is 24.3 Å². The molecular formula is C17H23N3O4. The summed E-state index contributed by atoms with van der Waals surface area (Å²) >= 11 is 0. The highest BCUT2D eigenvalue weighted by atomic mass is 16.4. The largest absolute Gasteiger partial charge is 0.481 e. The van der Waals surface area contributed by atoms with Crippen molar-refractivity contribution in [3.05, 3.63) is 35.4 Å². The van der Waals surface area contributed by atoms with Crippen LogP contribution < -0.4 is 5.32 Å². The molecule has 0 spiro atoms. The Morgan fingerprint density at radius 2 is 1.71 bits per heavy atom. The molecule has 2 rings (SSSR count). The molecule has 3 amide bonds. The molecule has 7 nitrogen and oxygen atoms in total. The van der Waals surface area contributed by atoms with Crippen molar-refractivity contribution in [1.82, 2.24) is 15.1 Å². The summed E-state index contributed by atoms with van der Waals surface area (Å²) in [7, 11) is 0. The summed E-state index contributed by atoms with van der Waals surface area (Å²) in [4.78, 5) is 38.1. The van der Waals surface area contributed by atoms with Crippen LogP contribution in [-0.2, 0) is 16.0 Å². The highest BCUT2D eigenvalue weighted by Crippen LogP contribution is 2.11. The molecule has 0 aliphatic carbocycles. The molecule has 0 atom stereocenters. The van der Waals surface area contributed by atoms with E-state index in [1.165, 1.54) is 0 Å². The number of nitrogens with one attached hydrogen (secondary N) is 1. The molecule has 2 N–H and O–H groups in total. The van der Waals surface area contributed by atoms with Gasteiger partial charge in [-0.2, -0.15) is 0 Å². The van der Waals surface area contributed by atoms with Crippen molar-refractivity contribution in [1.29, 1.82) is 0 Å². The standard InChI is InChI=1S/C17H23N3O4/c1-13-4-2-3-5-14(13)12-15(21)19-8-10-20(11-9-19)17(24)18-7-6-16(22)23/h2-5H,6-12H2,1H3,(H,18,24)(H,22,23). The number of carbonyl (C=O) groups is 3. The Bertz CT molecular complexity index is 610. The van der Waals surface area contributed by atoms with Crippen molar-refractivity contribution in [2.75, 3.05) is 32.7 Å². The molecule has 0 bridgehead atoms. The Morgan fingerprint density at radius 3 is 2.33 bits per heavy atom. The summed E-state index contributed by atoms with van der Waals surface area (Å²) in [6.07, 6.45) is 0.276. The molecule has 24 heavy (non-hydrogen) atoms. The van der Waals surface area contributed by atoms with Crippen LogP contribution in [0.25, 0.3) is 0 Å². The fourth-order valence-corrected chi connectivity index (χ4v) is 2.63. The van der Waals surface area contributed by atoms with Gasteiger partial charge < -0.3 is 20.2 Å². The number of hydrogen-bond acceptors (Lipinski definition) is 3. The van der Waals surface area contributed by atoms with Gasteiger partial charge in [0, 0.05) is 32.7 Å². The lowest BCUT2D eigenvalue weighted by Gasteiger charge is -2.34. The molecule has 1 aromatic carbocycles. The maximum atomic E-state index is 12.4. The van der Waals surface area contributed by atoms with E-state index in [4.69, 9.17) is 5.11 Å². The molecule has 0 saturated carbocycles. The number of aliphatic carboxylic acids is 1. The minimum Gasteiger partial charge on any atom is -0.481 e. The van der Waals surface area contributed by atoms with Crippen molar-refractivity contribution in [3.8, 4) is 0 Å². The van der Waals surface area contributed by atoms with Gasteiger partial charge in [-0.25, -0.2) is 4.79 Å². The Morgan fingerprint density at radius 1 is 1.08 bits per heavy atom. The van der Waals surface area contributed by atoms with E-state index in [1.54, 1.807) is 9.80 Å². The van der Waals surface area contributed by atoms with Crippen molar-refractivity contribution in [2.45, 2.75) is 19.8 Å². The van der Waals surface area contributed by atoms with Crippen LogP contribution in [0.4, 0.5) is 4.79 Å². The summed E-state index contributed by atoms with van der Waals surface area (Å²) in [5.74, 6) is -0.878. The second-order valence-electron chi connectivity index (χ2n) is 5.85. The third kappa shape index (κ3) is 4.97. The van der Waals surface area contributed by atoms with Crippen molar-refractivity contribution in [2.24, 2.45) is 0 Å². The van der Waals surface area contributed by atoms with Crippen molar-refractivity contribution in [3.63, 3.8) is 0 Å². The molecule has 7 heteroatoms. The molecule has 1 fully saturated rings. The van der Waals surface area contributed by atoms with Gasteiger partial charge in [0.25, 0.3) is 0 Å². The number of aryl methyl sites for hydroxylation is 1. The lowest BCUT2D eigenvalue weighted by atomic mass is 10.1. The smallest absolute Gasteiger partial charge is 0.317 e. The van der Waals surface area contributed by atoms with E-state index in [2.05, 4.69) is 5.32 Å². The molecule has 1 heterocycles. The SMILES string of the molecule is Cc1ccccc1CC(=O)N1CCN(C(=O)NCCC(=O)O)CC1. The van der Waals surface area contributed by atoms with Gasteiger partial charge in [0.2, 0.25) is 5.91 Å². The number of benzene rings is 1. The number of carboxylic acid groups (broad SMARTS) is 1. The summed E-state index contributed by atoms with van der Waals surface area (Å²) in [5.41, 5.74) is 2.12. The van der Waals surface area contributed by atoms with Gasteiger partial charge in [0.1, 0.15) is 0 Å². The number of carboxylic acids is 1. The normalized spacial score (nSPS) is 14.4. The van der Waals surface area contributed by atoms with Crippen molar-refractivity contribution < 1.29 is 19.5 Å². The molecule has 0 radical (unpaired) electrons. The second kappa shape index (κ2) is 8.33. The quantitative estimate of drug-likeness (QED) is 0.836. The first-order valence-electron chi connectivity index (χ1n) is 8.04. The van der Waals surface area contributed by atoms with Crippen LogP contribution in [0.1, 0.15) is 17.5 Å². The zero-order valence-electron chi connectivity index (χ0n) is 13.8. The fourth-order valence-electron chi connectivity index (χ4n) is 2.63. The third-order valence-corrected chi connectivity index (χ3v) is 4.14. The number of hydrogen-bond donors (Lipinski definition) is 2. The van der Waals surface area contributed by atoms with Gasteiger partial charge in [0.05, 0.1) is 12.8 Å². The van der Waals surface area contributed by atoms with Crippen LogP contribution >= 0.6 is 0 Å². The van der Waals surface area contributed by atoms with Crippen LogP contribution in [-0.4, -0.2) is 65.5 Å². The number of urea groups is 1. The monoisotopic (exact) mass is 333 g/mol. The Kier molecular flexibility index (Phi) is 6.17. The summed E-state index contributed by atoms with van der Waals surface area (Å²) < 4.78 is 0. The van der Waals surface area contributed by atoms with E-state index in [9.17, 15) is 14.4 Å². The highest BCUT2D eigenvalue weighted by molar-refractivity contribution is 5.80. The minimum atomic E-state index is -0.943. The molecule has 130 valence electrons. The predicted molar refractivity (Wildman–Crippen MR) is 88.7 cm³/mol. The topological polar surface area (TPSA) is 90.0 Å². The zero-order valence-corrected chi connectivity index (χ0v) is 13.8. The lowest BCUT2D eigenvalue weighted by molar-refractivity contribution is -0.137. The van der Waals surface area contributed by atoms with E-state index >= 15 is 0 Å². The lowest BCUT2D eigenvalue weighted by Crippen LogP contribution is -2.53. The first-order valence-corrected chi connectivity index (χ1v) is 8.04. The summed E-state index contributed by atoms with van der Waals surface area (Å²) in [6, 6.07) is 7.55. The Balaban J connectivity index is 1.77. The molecular weight excluding hydrogens is 310 g/mol. The van der Waals surface area contributed by atoms with E-state index in [1.807, 2.05) is 31.2 Å². The van der Waals surface area contributed by atoms with E-state index in [-0.39, 0.29) is 24.9 Å². The summed E-state index contributed by atoms with van der Waals surface area (Å²) in [5, 5.41) is 11.1. The third-order valence-electron chi connectivity index (χ3n) is 4.14. The number of piperazine rings is 1. The number of nitrogens with zero attached hydrogens (tertiary/aromatic N) is 2. The molecule has 0 unspecified atom stereocenters. The van der Waals surface area contributed by atoms with Gasteiger partial charge in [-0.3, -0.25) is 9.59 Å². The number of amides is 3. The van der Waals surface area contributed by atoms with Crippen LogP contribution in [0, 0.1) is 6.92 Å². The maximum absolute atomic E-state index is 12.4. The number of carbonyl (C=O) groups excluding carboxylic acids is 2. The van der Waals surface area contributed by atoms with Crippen molar-refractivity contribution >= 4 is 17.9 Å². The van der Waals surface area contributed by atoms with Gasteiger partial charge in [-0.05, 0) is 18.1 Å². The fraction of sp³-hybridized carbons (Fsp3) is 0.471.